The molecule has 0 aliphatic rings. The van der Waals surface area contributed by atoms with Crippen molar-refractivity contribution in [2.24, 2.45) is 0 Å². The number of aromatic nitrogens is 1. The highest BCUT2D eigenvalue weighted by Crippen LogP contribution is 2.31. The zero-order chi connectivity index (χ0) is 20.3. The fourth-order valence-corrected chi connectivity index (χ4v) is 4.37. The molecule has 28 heavy (non-hydrogen) atoms. The van der Waals surface area contributed by atoms with Crippen LogP contribution in [0.3, 0.4) is 0 Å². The normalized spacial score (nSPS) is 11.4. The molecule has 3 rings (SSSR count). The molecule has 0 aliphatic heterocycles. The first kappa shape index (κ1) is 20.5. The summed E-state index contributed by atoms with van der Waals surface area (Å²) in [5.41, 5.74) is 5.19. The Morgan fingerprint density at radius 3 is 2.54 bits per heavy atom. The van der Waals surface area contributed by atoms with Crippen LogP contribution in [0.25, 0.3) is 10.2 Å². The summed E-state index contributed by atoms with van der Waals surface area (Å²) in [6, 6.07) is 12.4. The lowest BCUT2D eigenvalue weighted by Crippen LogP contribution is -2.33. The van der Waals surface area contributed by atoms with Gasteiger partial charge in [-0.3, -0.25) is 9.69 Å². The average Bonchev–Trinajstić information content (AvgIpc) is 3.07. The maximum atomic E-state index is 13.4. The summed E-state index contributed by atoms with van der Waals surface area (Å²) in [6.07, 6.45) is 1.90. The number of hydrogen-bond acceptors (Lipinski definition) is 4. The van der Waals surface area contributed by atoms with Crippen molar-refractivity contribution < 1.29 is 4.79 Å². The first-order valence-electron chi connectivity index (χ1n) is 9.82. The number of nitrogens with zero attached hydrogens (tertiary/aromatic N) is 3. The van der Waals surface area contributed by atoms with Crippen molar-refractivity contribution in [1.82, 2.24) is 9.88 Å². The van der Waals surface area contributed by atoms with Crippen molar-refractivity contribution in [1.29, 1.82) is 0 Å². The molecule has 5 heteroatoms. The van der Waals surface area contributed by atoms with Crippen LogP contribution in [0, 0.1) is 13.8 Å². The van der Waals surface area contributed by atoms with Crippen molar-refractivity contribution in [3.63, 3.8) is 0 Å². The van der Waals surface area contributed by atoms with Gasteiger partial charge in [-0.25, -0.2) is 4.98 Å². The second-order valence-corrected chi connectivity index (χ2v) is 8.59. The smallest absolute Gasteiger partial charge is 0.260 e. The van der Waals surface area contributed by atoms with Crippen LogP contribution in [0.2, 0.25) is 0 Å². The van der Waals surface area contributed by atoms with Gasteiger partial charge in [-0.2, -0.15) is 0 Å². The van der Waals surface area contributed by atoms with Gasteiger partial charge in [0.1, 0.15) is 0 Å². The third kappa shape index (κ3) is 4.59. The number of anilines is 1. The molecule has 0 fully saturated rings. The van der Waals surface area contributed by atoms with Crippen LogP contribution >= 0.6 is 11.3 Å². The molecule has 1 amide bonds. The van der Waals surface area contributed by atoms with Gasteiger partial charge >= 0.3 is 0 Å². The van der Waals surface area contributed by atoms with E-state index >= 15 is 0 Å². The maximum absolute atomic E-state index is 13.4. The Kier molecular flexibility index (Phi) is 6.47. The SMILES string of the molecule is CCc1ccc2nc(N(CCCN(C)C)C(=O)c3ccc(C)cc3C)sc2c1. The number of benzene rings is 2. The molecule has 0 bridgehead atoms. The van der Waals surface area contributed by atoms with Crippen molar-refractivity contribution in [2.75, 3.05) is 32.1 Å². The summed E-state index contributed by atoms with van der Waals surface area (Å²) in [5, 5.41) is 0.784. The molecule has 2 aromatic carbocycles. The first-order chi connectivity index (χ1) is 13.4. The molecule has 3 aromatic rings. The van der Waals surface area contributed by atoms with Gasteiger partial charge in [0.25, 0.3) is 5.91 Å². The highest BCUT2D eigenvalue weighted by molar-refractivity contribution is 7.22. The minimum atomic E-state index is 0.0334. The third-order valence-electron chi connectivity index (χ3n) is 4.93. The van der Waals surface area contributed by atoms with E-state index in [1.54, 1.807) is 11.3 Å². The molecule has 0 N–H and O–H groups in total. The van der Waals surface area contributed by atoms with Crippen LogP contribution in [-0.2, 0) is 6.42 Å². The number of thiazole rings is 1. The van der Waals surface area contributed by atoms with Crippen molar-refractivity contribution in [3.8, 4) is 0 Å². The number of aryl methyl sites for hydroxylation is 3. The summed E-state index contributed by atoms with van der Waals surface area (Å²) in [4.78, 5) is 22.2. The van der Waals surface area contributed by atoms with E-state index in [2.05, 4.69) is 57.1 Å². The van der Waals surface area contributed by atoms with Gasteiger partial charge in [0.15, 0.2) is 5.13 Å². The molecular weight excluding hydrogens is 366 g/mol. The van der Waals surface area contributed by atoms with E-state index in [0.717, 1.165) is 45.9 Å². The largest absolute Gasteiger partial charge is 0.309 e. The second-order valence-electron chi connectivity index (χ2n) is 7.58. The topological polar surface area (TPSA) is 36.4 Å². The molecule has 0 aliphatic carbocycles. The number of fused-ring (bicyclic) bond motifs is 1. The van der Waals surface area contributed by atoms with Crippen molar-refractivity contribution in [3.05, 3.63) is 58.7 Å². The fourth-order valence-electron chi connectivity index (χ4n) is 3.32. The van der Waals surface area contributed by atoms with Gasteiger partial charge in [-0.15, -0.1) is 0 Å². The first-order valence-corrected chi connectivity index (χ1v) is 10.6. The Labute approximate surface area is 171 Å². The lowest BCUT2D eigenvalue weighted by Gasteiger charge is -2.22. The zero-order valence-electron chi connectivity index (χ0n) is 17.5. The summed E-state index contributed by atoms with van der Waals surface area (Å²) in [7, 11) is 4.11. The minimum absolute atomic E-state index is 0.0334. The number of carbonyl (C=O) groups excluding carboxylic acids is 1. The van der Waals surface area contributed by atoms with Crippen LogP contribution in [0.15, 0.2) is 36.4 Å². The Morgan fingerprint density at radius 1 is 1.07 bits per heavy atom. The van der Waals surface area contributed by atoms with E-state index in [-0.39, 0.29) is 5.91 Å². The van der Waals surface area contributed by atoms with Crippen LogP contribution in [-0.4, -0.2) is 43.0 Å². The monoisotopic (exact) mass is 395 g/mol. The maximum Gasteiger partial charge on any atom is 0.260 e. The van der Waals surface area contributed by atoms with Crippen LogP contribution in [0.4, 0.5) is 5.13 Å². The lowest BCUT2D eigenvalue weighted by molar-refractivity contribution is 0.0985. The predicted octanol–water partition coefficient (Wildman–Crippen LogP) is 5.07. The molecule has 0 radical (unpaired) electrons. The number of amides is 1. The highest BCUT2D eigenvalue weighted by atomic mass is 32.1. The Bertz CT molecular complexity index is 977. The summed E-state index contributed by atoms with van der Waals surface area (Å²) in [5.74, 6) is 0.0334. The van der Waals surface area contributed by atoms with Gasteiger partial charge in [-0.1, -0.05) is 42.0 Å². The molecule has 0 saturated carbocycles. The molecule has 0 unspecified atom stereocenters. The van der Waals surface area contributed by atoms with Gasteiger partial charge in [0, 0.05) is 12.1 Å². The molecule has 1 aromatic heterocycles. The van der Waals surface area contributed by atoms with Gasteiger partial charge in [0.2, 0.25) is 0 Å². The summed E-state index contributed by atoms with van der Waals surface area (Å²) >= 11 is 1.61. The van der Waals surface area contributed by atoms with Gasteiger partial charge in [0.05, 0.1) is 10.2 Å². The number of hydrogen-bond donors (Lipinski definition) is 0. The molecule has 0 saturated heterocycles. The van der Waals surface area contributed by atoms with Gasteiger partial charge < -0.3 is 4.90 Å². The Balaban J connectivity index is 1.97. The Hall–Kier alpha value is -2.24. The quantitative estimate of drug-likeness (QED) is 0.560. The lowest BCUT2D eigenvalue weighted by atomic mass is 10.0. The van der Waals surface area contributed by atoms with E-state index in [1.807, 2.05) is 24.0 Å². The van der Waals surface area contributed by atoms with Crippen molar-refractivity contribution in [2.45, 2.75) is 33.6 Å². The van der Waals surface area contributed by atoms with Crippen molar-refractivity contribution >= 4 is 32.6 Å². The average molecular weight is 396 g/mol. The second kappa shape index (κ2) is 8.84. The van der Waals surface area contributed by atoms with E-state index in [0.29, 0.717) is 6.54 Å². The van der Waals surface area contributed by atoms with Crippen LogP contribution in [0.5, 0.6) is 0 Å². The van der Waals surface area contributed by atoms with E-state index < -0.39 is 0 Å². The molecule has 0 spiro atoms. The standard InChI is InChI=1S/C23H29N3OS/c1-6-18-9-11-20-21(15-18)28-23(24-20)26(13-7-12-25(4)5)22(27)19-10-8-16(2)14-17(19)3/h8-11,14-15H,6-7,12-13H2,1-5H3. The van der Waals surface area contributed by atoms with E-state index in [4.69, 9.17) is 4.98 Å². The molecular formula is C23H29N3OS. The minimum Gasteiger partial charge on any atom is -0.309 e. The van der Waals surface area contributed by atoms with Crippen LogP contribution < -0.4 is 4.90 Å². The molecule has 4 nitrogen and oxygen atoms in total. The van der Waals surface area contributed by atoms with Gasteiger partial charge in [-0.05, 0) is 76.7 Å². The summed E-state index contributed by atoms with van der Waals surface area (Å²) in [6.45, 7) is 7.80. The number of rotatable bonds is 7. The molecule has 1 heterocycles. The van der Waals surface area contributed by atoms with E-state index in [1.165, 1.54) is 11.1 Å². The fraction of sp³-hybridized carbons (Fsp3) is 0.391. The van der Waals surface area contributed by atoms with E-state index in [9.17, 15) is 4.79 Å². The predicted molar refractivity (Wildman–Crippen MR) is 120 cm³/mol. The van der Waals surface area contributed by atoms with Crippen LogP contribution in [0.1, 0.15) is 40.4 Å². The Morgan fingerprint density at radius 2 is 1.86 bits per heavy atom. The molecule has 148 valence electrons. The highest BCUT2D eigenvalue weighted by Gasteiger charge is 2.22. The number of carbonyl (C=O) groups is 1. The third-order valence-corrected chi connectivity index (χ3v) is 5.97. The molecule has 0 atom stereocenters. The summed E-state index contributed by atoms with van der Waals surface area (Å²) < 4.78 is 1.14. The zero-order valence-corrected chi connectivity index (χ0v) is 18.3.